The summed E-state index contributed by atoms with van der Waals surface area (Å²) in [6.45, 7) is 2.86. The average Bonchev–Trinajstić information content (AvgIpc) is 2.68. The van der Waals surface area contributed by atoms with Crippen molar-refractivity contribution in [1.29, 1.82) is 0 Å². The van der Waals surface area contributed by atoms with E-state index in [1.54, 1.807) is 11.3 Å². The summed E-state index contributed by atoms with van der Waals surface area (Å²) in [7, 11) is 0. The summed E-state index contributed by atoms with van der Waals surface area (Å²) < 4.78 is 1.27. The lowest BCUT2D eigenvalue weighted by atomic mass is 10.2. The standard InChI is InChI=1S/C13H16N2S/c1-10(5-4-8-14)9-13-15-11-6-2-3-7-12(11)16-13/h2-3,5-7H,4,8-9,14H2,1H3. The number of allylic oxidation sites excluding steroid dienone is 1. The van der Waals surface area contributed by atoms with E-state index in [0.717, 1.165) is 24.9 Å². The van der Waals surface area contributed by atoms with E-state index in [1.165, 1.54) is 15.3 Å². The van der Waals surface area contributed by atoms with E-state index in [0.29, 0.717) is 0 Å². The molecule has 16 heavy (non-hydrogen) atoms. The first-order valence-electron chi connectivity index (χ1n) is 5.50. The fourth-order valence-corrected chi connectivity index (χ4v) is 2.70. The Morgan fingerprint density at radius 1 is 1.44 bits per heavy atom. The Kier molecular flexibility index (Phi) is 3.70. The lowest BCUT2D eigenvalue weighted by Crippen LogP contribution is -1.96. The molecule has 1 aromatic heterocycles. The van der Waals surface area contributed by atoms with E-state index in [-0.39, 0.29) is 0 Å². The molecule has 3 heteroatoms. The molecule has 0 saturated carbocycles. The zero-order valence-corrected chi connectivity index (χ0v) is 10.3. The first-order valence-corrected chi connectivity index (χ1v) is 6.31. The second-order valence-electron chi connectivity index (χ2n) is 3.88. The second kappa shape index (κ2) is 5.23. The molecule has 0 atom stereocenters. The van der Waals surface area contributed by atoms with Crippen LogP contribution in [0.3, 0.4) is 0 Å². The molecule has 0 aliphatic rings. The van der Waals surface area contributed by atoms with Gasteiger partial charge >= 0.3 is 0 Å². The van der Waals surface area contributed by atoms with Crippen molar-refractivity contribution < 1.29 is 0 Å². The van der Waals surface area contributed by atoms with Crippen molar-refractivity contribution in [3.63, 3.8) is 0 Å². The smallest absolute Gasteiger partial charge is 0.0978 e. The van der Waals surface area contributed by atoms with Crippen LogP contribution in [-0.2, 0) is 6.42 Å². The van der Waals surface area contributed by atoms with Crippen molar-refractivity contribution in [2.24, 2.45) is 5.73 Å². The van der Waals surface area contributed by atoms with Crippen molar-refractivity contribution in [3.8, 4) is 0 Å². The molecule has 2 nitrogen and oxygen atoms in total. The number of thiazole rings is 1. The molecule has 0 fully saturated rings. The van der Waals surface area contributed by atoms with Crippen LogP contribution in [0.5, 0.6) is 0 Å². The average molecular weight is 232 g/mol. The highest BCUT2D eigenvalue weighted by atomic mass is 32.1. The number of aromatic nitrogens is 1. The van der Waals surface area contributed by atoms with Crippen LogP contribution in [0.25, 0.3) is 10.2 Å². The Hall–Kier alpha value is -1.19. The molecule has 0 amide bonds. The molecule has 1 aromatic carbocycles. The lowest BCUT2D eigenvalue weighted by Gasteiger charge is -1.96. The molecule has 0 bridgehead atoms. The Bertz CT molecular complexity index is 466. The predicted molar refractivity (Wildman–Crippen MR) is 70.8 cm³/mol. The van der Waals surface area contributed by atoms with Crippen LogP contribution in [0.2, 0.25) is 0 Å². The second-order valence-corrected chi connectivity index (χ2v) is 5.00. The van der Waals surface area contributed by atoms with Gasteiger partial charge in [-0.2, -0.15) is 0 Å². The number of benzene rings is 1. The first kappa shape index (κ1) is 11.3. The number of nitrogens with zero attached hydrogens (tertiary/aromatic N) is 1. The Morgan fingerprint density at radius 2 is 2.25 bits per heavy atom. The summed E-state index contributed by atoms with van der Waals surface area (Å²) in [5, 5.41) is 1.19. The number of nitrogens with two attached hydrogens (primary N) is 1. The topological polar surface area (TPSA) is 38.9 Å². The van der Waals surface area contributed by atoms with Crippen molar-refractivity contribution in [3.05, 3.63) is 40.9 Å². The molecule has 0 aliphatic heterocycles. The quantitative estimate of drug-likeness (QED) is 0.822. The van der Waals surface area contributed by atoms with Crippen molar-refractivity contribution in [2.45, 2.75) is 19.8 Å². The molecule has 0 unspecified atom stereocenters. The van der Waals surface area contributed by atoms with E-state index >= 15 is 0 Å². The van der Waals surface area contributed by atoms with Gasteiger partial charge in [0.25, 0.3) is 0 Å². The highest BCUT2D eigenvalue weighted by Crippen LogP contribution is 2.23. The monoisotopic (exact) mass is 232 g/mol. The van der Waals surface area contributed by atoms with E-state index < -0.39 is 0 Å². The maximum atomic E-state index is 5.47. The predicted octanol–water partition coefficient (Wildman–Crippen LogP) is 3.13. The van der Waals surface area contributed by atoms with Gasteiger partial charge in [-0.3, -0.25) is 0 Å². The fraction of sp³-hybridized carbons (Fsp3) is 0.308. The third-order valence-electron chi connectivity index (χ3n) is 2.43. The largest absolute Gasteiger partial charge is 0.330 e. The van der Waals surface area contributed by atoms with Crippen LogP contribution in [0.15, 0.2) is 35.9 Å². The summed E-state index contributed by atoms with van der Waals surface area (Å²) in [6.07, 6.45) is 4.10. The van der Waals surface area contributed by atoms with Gasteiger partial charge in [-0.25, -0.2) is 4.98 Å². The van der Waals surface area contributed by atoms with E-state index in [4.69, 9.17) is 5.73 Å². The third-order valence-corrected chi connectivity index (χ3v) is 3.46. The zero-order valence-electron chi connectivity index (χ0n) is 9.44. The zero-order chi connectivity index (χ0) is 11.4. The minimum absolute atomic E-state index is 0.719. The molecule has 0 aliphatic carbocycles. The minimum atomic E-state index is 0.719. The van der Waals surface area contributed by atoms with E-state index in [2.05, 4.69) is 36.2 Å². The molecular weight excluding hydrogens is 216 g/mol. The summed E-state index contributed by atoms with van der Waals surface area (Å²) in [4.78, 5) is 4.61. The number of rotatable bonds is 4. The van der Waals surface area contributed by atoms with Gasteiger partial charge in [-0.05, 0) is 32.0 Å². The number of hydrogen-bond acceptors (Lipinski definition) is 3. The van der Waals surface area contributed by atoms with Gasteiger partial charge in [0.1, 0.15) is 0 Å². The Labute approximate surface area is 99.8 Å². The van der Waals surface area contributed by atoms with Crippen LogP contribution in [0.1, 0.15) is 18.4 Å². The molecule has 2 N–H and O–H groups in total. The van der Waals surface area contributed by atoms with Crippen LogP contribution < -0.4 is 5.73 Å². The van der Waals surface area contributed by atoms with Crippen molar-refractivity contribution in [1.82, 2.24) is 4.98 Å². The Morgan fingerprint density at radius 3 is 3.00 bits per heavy atom. The molecule has 2 rings (SSSR count). The molecule has 0 radical (unpaired) electrons. The summed E-state index contributed by atoms with van der Waals surface area (Å²) in [5.74, 6) is 0. The maximum absolute atomic E-state index is 5.47. The molecule has 0 spiro atoms. The van der Waals surface area contributed by atoms with E-state index in [1.807, 2.05) is 6.07 Å². The van der Waals surface area contributed by atoms with Crippen LogP contribution >= 0.6 is 11.3 Å². The van der Waals surface area contributed by atoms with Crippen molar-refractivity contribution >= 4 is 21.6 Å². The highest BCUT2D eigenvalue weighted by Gasteiger charge is 2.03. The molecule has 0 saturated heterocycles. The SMILES string of the molecule is CC(=CCCN)Cc1nc2ccccc2s1. The van der Waals surface area contributed by atoms with Gasteiger partial charge in [-0.15, -0.1) is 11.3 Å². The fourth-order valence-electron chi connectivity index (χ4n) is 1.64. The summed E-state index contributed by atoms with van der Waals surface area (Å²) >= 11 is 1.78. The van der Waals surface area contributed by atoms with Gasteiger partial charge in [-0.1, -0.05) is 23.8 Å². The normalized spacial score (nSPS) is 12.2. The van der Waals surface area contributed by atoms with E-state index in [9.17, 15) is 0 Å². The number of fused-ring (bicyclic) bond motifs is 1. The van der Waals surface area contributed by atoms with Crippen molar-refractivity contribution in [2.75, 3.05) is 6.54 Å². The molecule has 1 heterocycles. The highest BCUT2D eigenvalue weighted by molar-refractivity contribution is 7.18. The third kappa shape index (κ3) is 2.68. The molecular formula is C13H16N2S. The molecule has 2 aromatic rings. The number of para-hydroxylation sites is 1. The lowest BCUT2D eigenvalue weighted by molar-refractivity contribution is 0.979. The van der Waals surface area contributed by atoms with Crippen LogP contribution in [0, 0.1) is 0 Å². The Balaban J connectivity index is 2.15. The van der Waals surface area contributed by atoms with Gasteiger partial charge in [0.05, 0.1) is 15.2 Å². The maximum Gasteiger partial charge on any atom is 0.0978 e. The first-order chi connectivity index (χ1) is 7.79. The molecule has 84 valence electrons. The minimum Gasteiger partial charge on any atom is -0.330 e. The van der Waals surface area contributed by atoms with Gasteiger partial charge in [0.2, 0.25) is 0 Å². The van der Waals surface area contributed by atoms with Gasteiger partial charge in [0.15, 0.2) is 0 Å². The summed E-state index contributed by atoms with van der Waals surface area (Å²) in [6, 6.07) is 8.27. The van der Waals surface area contributed by atoms with Gasteiger partial charge < -0.3 is 5.73 Å². The summed E-state index contributed by atoms with van der Waals surface area (Å²) in [5.41, 5.74) is 7.93. The van der Waals surface area contributed by atoms with Crippen LogP contribution in [-0.4, -0.2) is 11.5 Å². The van der Waals surface area contributed by atoms with Gasteiger partial charge in [0, 0.05) is 6.42 Å². The van der Waals surface area contributed by atoms with Crippen LogP contribution in [0.4, 0.5) is 0 Å². The number of hydrogen-bond donors (Lipinski definition) is 1.